The number of cyclic esters (lactones) is 1. The second-order valence-electron chi connectivity index (χ2n) is 3.85. The third-order valence-corrected chi connectivity index (χ3v) is 3.26. The summed E-state index contributed by atoms with van der Waals surface area (Å²) in [4.78, 5) is 24.4. The molecule has 0 saturated carbocycles. The van der Waals surface area contributed by atoms with Crippen molar-refractivity contribution in [1.82, 2.24) is 4.90 Å². The summed E-state index contributed by atoms with van der Waals surface area (Å²) >= 11 is 3.06. The summed E-state index contributed by atoms with van der Waals surface area (Å²) in [5, 5.41) is 0.119. The Morgan fingerprint density at radius 3 is 2.65 bits per heavy atom. The monoisotopic (exact) mass is 297 g/mol. The Morgan fingerprint density at radius 2 is 2.06 bits per heavy atom. The zero-order valence-corrected chi connectivity index (χ0v) is 10.9. The van der Waals surface area contributed by atoms with Crippen molar-refractivity contribution in [2.45, 2.75) is 19.1 Å². The number of alkyl halides is 1. The van der Waals surface area contributed by atoms with Gasteiger partial charge in [-0.2, -0.15) is 0 Å². The van der Waals surface area contributed by atoms with Gasteiger partial charge in [0.25, 0.3) is 0 Å². The van der Waals surface area contributed by atoms with Gasteiger partial charge in [-0.3, -0.25) is 4.79 Å². The Balaban J connectivity index is 2.24. The smallest absolute Gasteiger partial charge is 0.417 e. The van der Waals surface area contributed by atoms with Gasteiger partial charge in [-0.25, -0.2) is 9.69 Å². The van der Waals surface area contributed by atoms with Crippen molar-refractivity contribution in [2.75, 3.05) is 5.33 Å². The van der Waals surface area contributed by atoms with E-state index in [1.54, 1.807) is 0 Å². The number of nitrogens with zero attached hydrogens (tertiary/aromatic N) is 1. The van der Waals surface area contributed by atoms with Crippen LogP contribution in [0.3, 0.4) is 0 Å². The zero-order valence-electron chi connectivity index (χ0n) is 9.30. The molecule has 0 aliphatic carbocycles. The van der Waals surface area contributed by atoms with E-state index in [-0.39, 0.29) is 23.4 Å². The molecule has 90 valence electrons. The Morgan fingerprint density at radius 1 is 1.41 bits per heavy atom. The summed E-state index contributed by atoms with van der Waals surface area (Å²) in [7, 11) is 0. The molecule has 1 aliphatic heterocycles. The van der Waals surface area contributed by atoms with E-state index < -0.39 is 6.09 Å². The standard InChI is InChI=1S/C12H12BrNO3/c1-8-11(9-5-3-2-4-6-9)17-12(16)14(8)10(15)7-13/h2-6,8,11H,7H2,1H3/t8-,11-/m1/s1. The molecule has 0 aromatic heterocycles. The minimum atomic E-state index is -0.573. The van der Waals surface area contributed by atoms with E-state index in [0.29, 0.717) is 0 Å². The maximum Gasteiger partial charge on any atom is 0.417 e. The molecule has 2 amide bonds. The van der Waals surface area contributed by atoms with Crippen molar-refractivity contribution in [1.29, 1.82) is 0 Å². The first kappa shape index (κ1) is 12.1. The van der Waals surface area contributed by atoms with E-state index in [1.807, 2.05) is 37.3 Å². The van der Waals surface area contributed by atoms with Gasteiger partial charge in [-0.05, 0) is 12.5 Å². The normalized spacial score (nSPS) is 23.6. The van der Waals surface area contributed by atoms with E-state index in [1.165, 1.54) is 0 Å². The quantitative estimate of drug-likeness (QED) is 0.788. The highest BCUT2D eigenvalue weighted by atomic mass is 79.9. The van der Waals surface area contributed by atoms with Crippen LogP contribution in [0.15, 0.2) is 30.3 Å². The zero-order chi connectivity index (χ0) is 12.4. The van der Waals surface area contributed by atoms with Crippen molar-refractivity contribution in [3.05, 3.63) is 35.9 Å². The molecule has 0 unspecified atom stereocenters. The number of benzene rings is 1. The lowest BCUT2D eigenvalue weighted by Gasteiger charge is -2.18. The topological polar surface area (TPSA) is 46.6 Å². The lowest BCUT2D eigenvalue weighted by Crippen LogP contribution is -2.38. The highest BCUT2D eigenvalue weighted by molar-refractivity contribution is 9.09. The molecule has 1 heterocycles. The minimum Gasteiger partial charge on any atom is -0.439 e. The van der Waals surface area contributed by atoms with Crippen LogP contribution in [0.4, 0.5) is 4.79 Å². The summed E-state index contributed by atoms with van der Waals surface area (Å²) in [5.41, 5.74) is 0.901. The van der Waals surface area contributed by atoms with Crippen LogP contribution in [0.5, 0.6) is 0 Å². The SMILES string of the molecule is C[C@@H]1[C@H](c2ccccc2)OC(=O)N1C(=O)CBr. The number of ether oxygens (including phenoxy) is 1. The van der Waals surface area contributed by atoms with Crippen LogP contribution >= 0.6 is 15.9 Å². The number of imide groups is 1. The Kier molecular flexibility index (Phi) is 3.47. The van der Waals surface area contributed by atoms with E-state index >= 15 is 0 Å². The molecule has 0 N–H and O–H groups in total. The van der Waals surface area contributed by atoms with E-state index in [9.17, 15) is 9.59 Å². The summed E-state index contributed by atoms with van der Waals surface area (Å²) in [6, 6.07) is 9.14. The number of hydrogen-bond acceptors (Lipinski definition) is 3. The average molecular weight is 298 g/mol. The highest BCUT2D eigenvalue weighted by Gasteiger charge is 2.42. The summed E-state index contributed by atoms with van der Waals surface area (Å²) in [6.07, 6.45) is -0.956. The van der Waals surface area contributed by atoms with Crippen LogP contribution in [0.25, 0.3) is 0 Å². The van der Waals surface area contributed by atoms with Crippen LogP contribution in [-0.4, -0.2) is 28.3 Å². The Labute approximate surface area is 108 Å². The molecular weight excluding hydrogens is 286 g/mol. The van der Waals surface area contributed by atoms with Gasteiger partial charge in [-0.1, -0.05) is 46.3 Å². The molecule has 1 aromatic carbocycles. The number of amides is 2. The molecule has 5 heteroatoms. The van der Waals surface area contributed by atoms with Crippen molar-refractivity contribution in [3.8, 4) is 0 Å². The highest BCUT2D eigenvalue weighted by Crippen LogP contribution is 2.32. The number of carbonyl (C=O) groups is 2. The molecule has 1 aliphatic rings. The minimum absolute atomic E-state index is 0.119. The first-order valence-electron chi connectivity index (χ1n) is 5.28. The molecule has 4 nitrogen and oxygen atoms in total. The van der Waals surface area contributed by atoms with E-state index in [0.717, 1.165) is 10.5 Å². The first-order chi connectivity index (χ1) is 8.15. The van der Waals surface area contributed by atoms with Gasteiger partial charge in [-0.15, -0.1) is 0 Å². The van der Waals surface area contributed by atoms with Crippen LogP contribution < -0.4 is 0 Å². The van der Waals surface area contributed by atoms with Crippen molar-refractivity contribution in [3.63, 3.8) is 0 Å². The Hall–Kier alpha value is -1.36. The molecule has 1 aromatic rings. The Bertz CT molecular complexity index is 435. The van der Waals surface area contributed by atoms with Crippen LogP contribution in [0.1, 0.15) is 18.6 Å². The molecule has 2 rings (SSSR count). The molecular formula is C12H12BrNO3. The first-order valence-corrected chi connectivity index (χ1v) is 6.41. The van der Waals surface area contributed by atoms with Gasteiger partial charge < -0.3 is 4.74 Å². The number of carbonyl (C=O) groups excluding carboxylic acids is 2. The third-order valence-electron chi connectivity index (χ3n) is 2.78. The maximum atomic E-state index is 11.6. The second-order valence-corrected chi connectivity index (χ2v) is 4.41. The van der Waals surface area contributed by atoms with E-state index in [2.05, 4.69) is 15.9 Å². The second kappa shape index (κ2) is 4.87. The summed E-state index contributed by atoms with van der Waals surface area (Å²) in [6.45, 7) is 1.81. The van der Waals surface area contributed by atoms with Gasteiger partial charge in [0.1, 0.15) is 6.10 Å². The lowest BCUT2D eigenvalue weighted by atomic mass is 10.0. The molecule has 1 fully saturated rings. The predicted octanol–water partition coefficient (Wildman–Crippen LogP) is 2.49. The van der Waals surface area contributed by atoms with Gasteiger partial charge in [0.15, 0.2) is 0 Å². The fraction of sp³-hybridized carbons (Fsp3) is 0.333. The summed E-state index contributed by atoms with van der Waals surface area (Å²) in [5.74, 6) is -0.277. The largest absolute Gasteiger partial charge is 0.439 e. The van der Waals surface area contributed by atoms with Crippen molar-refractivity contribution < 1.29 is 14.3 Å². The van der Waals surface area contributed by atoms with Gasteiger partial charge in [0.05, 0.1) is 11.4 Å². The molecule has 17 heavy (non-hydrogen) atoms. The fourth-order valence-electron chi connectivity index (χ4n) is 1.95. The van der Waals surface area contributed by atoms with Gasteiger partial charge >= 0.3 is 6.09 Å². The number of rotatable bonds is 2. The molecule has 2 atom stereocenters. The average Bonchev–Trinajstić information content (AvgIpc) is 2.65. The maximum absolute atomic E-state index is 11.6. The number of hydrogen-bond donors (Lipinski definition) is 0. The third kappa shape index (κ3) is 2.20. The van der Waals surface area contributed by atoms with Crippen LogP contribution in [0, 0.1) is 0 Å². The van der Waals surface area contributed by atoms with Gasteiger partial charge in [0, 0.05) is 0 Å². The van der Waals surface area contributed by atoms with E-state index in [4.69, 9.17) is 4.74 Å². The number of halogens is 1. The molecule has 1 saturated heterocycles. The van der Waals surface area contributed by atoms with Crippen LogP contribution in [0.2, 0.25) is 0 Å². The fourth-order valence-corrected chi connectivity index (χ4v) is 2.22. The van der Waals surface area contributed by atoms with Crippen molar-refractivity contribution >= 4 is 27.9 Å². The lowest BCUT2D eigenvalue weighted by molar-refractivity contribution is -0.126. The predicted molar refractivity (Wildman–Crippen MR) is 65.8 cm³/mol. The molecule has 0 bridgehead atoms. The molecule has 0 spiro atoms. The summed E-state index contributed by atoms with van der Waals surface area (Å²) < 4.78 is 5.24. The van der Waals surface area contributed by atoms with Crippen LogP contribution in [-0.2, 0) is 9.53 Å². The van der Waals surface area contributed by atoms with Crippen molar-refractivity contribution in [2.24, 2.45) is 0 Å². The van der Waals surface area contributed by atoms with Gasteiger partial charge in [0.2, 0.25) is 5.91 Å². The molecule has 0 radical (unpaired) electrons.